The van der Waals surface area contributed by atoms with Crippen LogP contribution in [0, 0.1) is 17.8 Å². The minimum Gasteiger partial charge on any atom is -0.491 e. The number of benzene rings is 1. The van der Waals surface area contributed by atoms with Crippen LogP contribution >= 0.6 is 0 Å². The fraction of sp³-hybridized carbons (Fsp3) is 0.659. The van der Waals surface area contributed by atoms with Crippen LogP contribution in [0.15, 0.2) is 30.4 Å². The highest BCUT2D eigenvalue weighted by molar-refractivity contribution is 7.91. The van der Waals surface area contributed by atoms with Gasteiger partial charge in [-0.3, -0.25) is 24.0 Å². The zero-order valence-electron chi connectivity index (χ0n) is 35.8. The first-order chi connectivity index (χ1) is 29.0. The molecule has 3 fully saturated rings. The van der Waals surface area contributed by atoms with E-state index in [0.29, 0.717) is 26.7 Å². The van der Waals surface area contributed by atoms with Gasteiger partial charge in [0.25, 0.3) is 5.91 Å². The molecule has 22 heteroatoms. The predicted octanol–water partition coefficient (Wildman–Crippen LogP) is 6.36. The quantitative estimate of drug-likeness (QED) is 0.187. The normalized spacial score (nSPS) is 28.5. The molecule has 2 aliphatic carbocycles. The summed E-state index contributed by atoms with van der Waals surface area (Å²) in [6, 6.07) is 0.103. The van der Waals surface area contributed by atoms with E-state index in [2.05, 4.69) is 20.0 Å². The Kier molecular flexibility index (Phi) is 12.5. The van der Waals surface area contributed by atoms with Crippen LogP contribution in [-0.2, 0) is 30.6 Å². The summed E-state index contributed by atoms with van der Waals surface area (Å²) in [4.78, 5) is 65.0. The number of carbonyl (C=O) groups is 4. The summed E-state index contributed by atoms with van der Waals surface area (Å²) < 4.78 is 127. The maximum atomic E-state index is 15.0. The van der Waals surface area contributed by atoms with E-state index in [9.17, 15) is 54.3 Å². The van der Waals surface area contributed by atoms with E-state index in [4.69, 9.17) is 9.47 Å². The Labute approximate surface area is 360 Å². The number of hydrogen-bond acceptors (Lipinski definition) is 10. The number of aromatic nitrogens is 2. The third-order valence-electron chi connectivity index (χ3n) is 12.5. The van der Waals surface area contributed by atoms with Gasteiger partial charge in [-0.15, -0.1) is 0 Å². The maximum Gasteiger partial charge on any atom is 0.438 e. The Hall–Kier alpha value is -4.89. The summed E-state index contributed by atoms with van der Waals surface area (Å²) in [6.07, 6.45) is -10.3. The van der Waals surface area contributed by atoms with Crippen LogP contribution in [0.25, 0.3) is 11.0 Å². The van der Waals surface area contributed by atoms with E-state index < -0.39 is 117 Å². The van der Waals surface area contributed by atoms with Crippen LogP contribution in [0.4, 0.5) is 31.1 Å². The zero-order valence-corrected chi connectivity index (χ0v) is 36.6. The number of hydrogen-bond donors (Lipinski definition) is 3. The van der Waals surface area contributed by atoms with Crippen molar-refractivity contribution in [1.82, 2.24) is 29.8 Å². The van der Waals surface area contributed by atoms with Crippen molar-refractivity contribution >= 4 is 44.9 Å². The van der Waals surface area contributed by atoms with Crippen LogP contribution in [0.1, 0.15) is 99.1 Å². The molecule has 6 rings (SSSR count). The highest BCUT2D eigenvalue weighted by Crippen LogP contribution is 2.48. The Morgan fingerprint density at radius 3 is 2.30 bits per heavy atom. The van der Waals surface area contributed by atoms with Crippen LogP contribution in [0.3, 0.4) is 0 Å². The van der Waals surface area contributed by atoms with Gasteiger partial charge >= 0.3 is 18.4 Å². The Balaban J connectivity index is 1.45. The number of ether oxygens (including phenoxy) is 2. The number of alkyl halides is 6. The number of amides is 4. The Morgan fingerprint density at radius 2 is 1.71 bits per heavy atom. The minimum atomic E-state index is -5.21. The number of nitrogens with one attached hydrogen (secondary N) is 2. The van der Waals surface area contributed by atoms with Gasteiger partial charge < -0.3 is 24.8 Å². The van der Waals surface area contributed by atoms with Gasteiger partial charge in [-0.1, -0.05) is 26.0 Å². The van der Waals surface area contributed by atoms with Crippen molar-refractivity contribution in [3.63, 3.8) is 0 Å². The molecule has 1 saturated heterocycles. The standard InChI is InChI=1S/C41H52F6N6O9S/c1-21(2)61-25-12-13-27-28(17-25)49-33(31(48-27)40(42,43)44)62-26-18-29-32(54)50-39(35(56)51-63(59,60)38(7)14-15-38)19-24(39)11-9-8-10-22(3)16-23(4)30(34(55)52(29)20-26)53(36(57)58)37(5,6)41(45,46)47/h9,11-13,17,21-24,26,29-30H,8,10,14-16,18-20H2,1-7H3,(H,50,54)(H,51,56)(H,57,58)/b11-9-/t22-,23-,24-,26-,29+,30+,39-/m1/s1. The SMILES string of the molecule is CC(C)Oc1ccc2nc(C(F)(F)F)c(O[C@@H]3C[C@H]4C(=O)N[C@]5(C(=O)NS(=O)(=O)C6(C)CC6)C[C@H]5/C=C\CC[C@@H](C)C[C@@H](C)[C@H](N(C(=O)O)C(C)(C)C(F)(F)F)C(=O)N4C3)nc2c1. The summed E-state index contributed by atoms with van der Waals surface area (Å²) in [6.45, 7) is 8.49. The highest BCUT2D eigenvalue weighted by Gasteiger charge is 2.64. The smallest absolute Gasteiger partial charge is 0.438 e. The van der Waals surface area contributed by atoms with Gasteiger partial charge in [0.05, 0.1) is 28.4 Å². The molecular formula is C41H52F6N6O9S. The van der Waals surface area contributed by atoms with E-state index in [1.807, 2.05) is 0 Å². The topological polar surface area (TPSA) is 197 Å². The number of fused-ring (bicyclic) bond motifs is 3. The lowest BCUT2D eigenvalue weighted by Gasteiger charge is -2.45. The van der Waals surface area contributed by atoms with Crippen LogP contribution in [0.2, 0.25) is 0 Å². The van der Waals surface area contributed by atoms with E-state index in [-0.39, 0.29) is 59.4 Å². The molecule has 4 amide bonds. The first kappa shape index (κ1) is 47.6. The van der Waals surface area contributed by atoms with Crippen LogP contribution in [-0.4, -0.2) is 110 Å². The Bertz CT molecular complexity index is 2290. The number of rotatable bonds is 9. The first-order valence-corrected chi connectivity index (χ1v) is 22.2. The lowest BCUT2D eigenvalue weighted by molar-refractivity contribution is -0.222. The molecule has 3 heterocycles. The van der Waals surface area contributed by atoms with Crippen molar-refractivity contribution in [3.05, 3.63) is 36.0 Å². The predicted molar refractivity (Wildman–Crippen MR) is 214 cm³/mol. The van der Waals surface area contributed by atoms with Crippen molar-refractivity contribution in [3.8, 4) is 11.6 Å². The molecule has 4 aliphatic rings. The second-order valence-electron chi connectivity index (χ2n) is 18.3. The molecular weight excluding hydrogens is 867 g/mol. The second kappa shape index (κ2) is 16.6. The molecule has 348 valence electrons. The third-order valence-corrected chi connectivity index (χ3v) is 14.7. The van der Waals surface area contributed by atoms with Crippen molar-refractivity contribution in [2.45, 2.75) is 146 Å². The number of carboxylic acid groups (broad SMARTS) is 1. The fourth-order valence-electron chi connectivity index (χ4n) is 8.37. The van der Waals surface area contributed by atoms with E-state index >= 15 is 4.79 Å². The first-order valence-electron chi connectivity index (χ1n) is 20.7. The average molecular weight is 919 g/mol. The number of nitrogens with zero attached hydrogens (tertiary/aromatic N) is 4. The molecule has 15 nitrogen and oxygen atoms in total. The zero-order chi connectivity index (χ0) is 46.8. The van der Waals surface area contributed by atoms with Gasteiger partial charge in [0.1, 0.15) is 35.0 Å². The summed E-state index contributed by atoms with van der Waals surface area (Å²) in [5.74, 6) is -6.44. The molecule has 2 aromatic rings. The fourth-order valence-corrected chi connectivity index (χ4v) is 9.68. The molecule has 0 bridgehead atoms. The van der Waals surface area contributed by atoms with Gasteiger partial charge in [-0.25, -0.2) is 23.2 Å². The number of allylic oxidation sites excluding steroid dienone is 1. The minimum absolute atomic E-state index is 0.00355. The van der Waals surface area contributed by atoms with Crippen molar-refractivity contribution < 1.29 is 68.5 Å². The molecule has 0 unspecified atom stereocenters. The van der Waals surface area contributed by atoms with Gasteiger partial charge in [-0.05, 0) is 97.1 Å². The van der Waals surface area contributed by atoms with E-state index in [1.54, 1.807) is 32.9 Å². The summed E-state index contributed by atoms with van der Waals surface area (Å²) >= 11 is 0. The largest absolute Gasteiger partial charge is 0.491 e. The summed E-state index contributed by atoms with van der Waals surface area (Å²) in [5, 5.41) is 13.0. The van der Waals surface area contributed by atoms with Gasteiger partial charge in [0, 0.05) is 18.4 Å². The third kappa shape index (κ3) is 9.50. The van der Waals surface area contributed by atoms with E-state index in [0.717, 1.165) is 4.90 Å². The molecule has 0 spiro atoms. The molecule has 63 heavy (non-hydrogen) atoms. The second-order valence-corrected chi connectivity index (χ2v) is 20.5. The molecule has 2 saturated carbocycles. The number of halogens is 6. The molecule has 7 atom stereocenters. The van der Waals surface area contributed by atoms with Gasteiger partial charge in [0.2, 0.25) is 33.4 Å². The summed E-state index contributed by atoms with van der Waals surface area (Å²) in [7, 11) is -4.23. The average Bonchev–Trinajstić information content (AvgIpc) is 4.03. The van der Waals surface area contributed by atoms with Crippen LogP contribution < -0.4 is 19.5 Å². The number of sulfonamides is 1. The molecule has 3 N–H and O–H groups in total. The molecule has 1 aromatic carbocycles. The molecule has 1 aromatic heterocycles. The van der Waals surface area contributed by atoms with Gasteiger partial charge in [0.15, 0.2) is 0 Å². The van der Waals surface area contributed by atoms with Crippen molar-refractivity contribution in [1.29, 1.82) is 0 Å². The van der Waals surface area contributed by atoms with Crippen molar-refractivity contribution in [2.75, 3.05) is 6.54 Å². The highest BCUT2D eigenvalue weighted by atomic mass is 32.2. The maximum absolute atomic E-state index is 15.0. The van der Waals surface area contributed by atoms with E-state index in [1.165, 1.54) is 32.0 Å². The van der Waals surface area contributed by atoms with Crippen molar-refractivity contribution in [2.24, 2.45) is 17.8 Å². The van der Waals surface area contributed by atoms with Gasteiger partial charge in [-0.2, -0.15) is 26.3 Å². The summed E-state index contributed by atoms with van der Waals surface area (Å²) in [5.41, 5.74) is -6.88. The van der Waals surface area contributed by atoms with Crippen LogP contribution in [0.5, 0.6) is 11.6 Å². The Morgan fingerprint density at radius 1 is 1.05 bits per heavy atom. The lowest BCUT2D eigenvalue weighted by Crippen LogP contribution is -2.66. The lowest BCUT2D eigenvalue weighted by atomic mass is 9.85. The molecule has 0 radical (unpaired) electrons. The number of carbonyl (C=O) groups excluding carboxylic acids is 3. The molecule has 2 aliphatic heterocycles. The monoisotopic (exact) mass is 918 g/mol.